The van der Waals surface area contributed by atoms with Gasteiger partial charge in [0.05, 0.1) is 12.6 Å². The number of esters is 1. The van der Waals surface area contributed by atoms with Crippen LogP contribution in [0.2, 0.25) is 0 Å². The van der Waals surface area contributed by atoms with E-state index >= 15 is 0 Å². The van der Waals surface area contributed by atoms with Gasteiger partial charge in [0.25, 0.3) is 5.82 Å². The number of carbonyl (C=O) groups excluding carboxylic acids is 1. The van der Waals surface area contributed by atoms with Gasteiger partial charge in [0.15, 0.2) is 12.0 Å². The van der Waals surface area contributed by atoms with Crippen molar-refractivity contribution in [2.45, 2.75) is 38.4 Å². The van der Waals surface area contributed by atoms with Crippen LogP contribution in [0, 0.1) is 5.92 Å². The third-order valence-corrected chi connectivity index (χ3v) is 3.32. The fourth-order valence-corrected chi connectivity index (χ4v) is 2.37. The summed E-state index contributed by atoms with van der Waals surface area (Å²) in [4.78, 5) is 15.4. The molecule has 3 rings (SSSR count). The van der Waals surface area contributed by atoms with Crippen LogP contribution in [0.3, 0.4) is 0 Å². The van der Waals surface area contributed by atoms with Crippen molar-refractivity contribution >= 4 is 5.97 Å². The number of carbonyl (C=O) groups is 1. The largest absolute Gasteiger partial charge is 0.460 e. The molecule has 0 radical (unpaired) electrons. The van der Waals surface area contributed by atoms with Crippen molar-refractivity contribution in [2.75, 3.05) is 6.61 Å². The Morgan fingerprint density at radius 1 is 1.59 bits per heavy atom. The normalized spacial score (nSPS) is 26.9. The Hall–Kier alpha value is -1.46. The molecular weight excluding hydrogens is 225 g/mol. The van der Waals surface area contributed by atoms with Crippen LogP contribution in [0.1, 0.15) is 54.8 Å². The molecule has 0 aromatic carbocycles. The van der Waals surface area contributed by atoms with Crippen LogP contribution in [0.5, 0.6) is 0 Å². The minimum absolute atomic E-state index is 0.0187. The Morgan fingerprint density at radius 3 is 3.00 bits per heavy atom. The lowest BCUT2D eigenvalue weighted by Gasteiger charge is -2.08. The molecule has 6 heteroatoms. The first-order chi connectivity index (χ1) is 8.20. The van der Waals surface area contributed by atoms with E-state index in [1.54, 1.807) is 11.6 Å². The van der Waals surface area contributed by atoms with Crippen LogP contribution < -0.4 is 0 Å². The predicted octanol–water partition coefficient (Wildman–Crippen LogP) is 1.82. The zero-order chi connectivity index (χ0) is 12.0. The van der Waals surface area contributed by atoms with Crippen LogP contribution in [0.15, 0.2) is 0 Å². The molecule has 0 spiro atoms. The van der Waals surface area contributed by atoms with Crippen LogP contribution in [-0.2, 0) is 4.74 Å². The lowest BCUT2D eigenvalue weighted by atomic mass is 10.1. The van der Waals surface area contributed by atoms with Gasteiger partial charge < -0.3 is 4.74 Å². The monoisotopic (exact) mass is 239 g/mol. The summed E-state index contributed by atoms with van der Waals surface area (Å²) in [6.45, 7) is 1.99. The highest BCUT2D eigenvalue weighted by molar-refractivity contribution is 5.85. The summed E-state index contributed by atoms with van der Waals surface area (Å²) in [6, 6.07) is 0.0793. The molecular formula is C11H14FN3O2. The summed E-state index contributed by atoms with van der Waals surface area (Å²) in [5.74, 6) is 0.196. The van der Waals surface area contributed by atoms with Crippen LogP contribution >= 0.6 is 0 Å². The summed E-state index contributed by atoms with van der Waals surface area (Å²) >= 11 is 0. The minimum atomic E-state index is -1.10. The van der Waals surface area contributed by atoms with E-state index in [-0.39, 0.29) is 24.3 Å². The average molecular weight is 239 g/mol. The number of nitrogens with zero attached hydrogens (tertiary/aromatic N) is 3. The molecule has 5 nitrogen and oxygen atoms in total. The van der Waals surface area contributed by atoms with Crippen molar-refractivity contribution in [3.63, 3.8) is 0 Å². The van der Waals surface area contributed by atoms with Gasteiger partial charge in [-0.15, -0.1) is 5.10 Å². The van der Waals surface area contributed by atoms with E-state index in [4.69, 9.17) is 4.74 Å². The van der Waals surface area contributed by atoms with Gasteiger partial charge >= 0.3 is 5.97 Å². The molecule has 1 saturated carbocycles. The molecule has 0 amide bonds. The lowest BCUT2D eigenvalue weighted by molar-refractivity contribution is 0.0510. The van der Waals surface area contributed by atoms with Gasteiger partial charge in [0.1, 0.15) is 0 Å². The third-order valence-electron chi connectivity index (χ3n) is 3.32. The van der Waals surface area contributed by atoms with Gasteiger partial charge in [-0.2, -0.15) is 0 Å². The highest BCUT2D eigenvalue weighted by Gasteiger charge is 2.43. The smallest absolute Gasteiger partial charge is 0.378 e. The van der Waals surface area contributed by atoms with Crippen molar-refractivity contribution in [1.29, 1.82) is 0 Å². The number of hydrogen-bond acceptors (Lipinski definition) is 4. The zero-order valence-corrected chi connectivity index (χ0v) is 9.60. The maximum atomic E-state index is 13.7. The fourth-order valence-electron chi connectivity index (χ4n) is 2.37. The van der Waals surface area contributed by atoms with Gasteiger partial charge in [-0.25, -0.2) is 18.9 Å². The summed E-state index contributed by atoms with van der Waals surface area (Å²) in [5, 5.41) is 4.09. The molecule has 1 aromatic rings. The Bertz CT molecular complexity index is 456. The molecule has 0 bridgehead atoms. The Balaban J connectivity index is 1.89. The van der Waals surface area contributed by atoms with E-state index in [1.165, 1.54) is 0 Å². The number of aromatic nitrogens is 3. The number of ether oxygens (including phenoxy) is 1. The maximum Gasteiger partial charge on any atom is 0.378 e. The summed E-state index contributed by atoms with van der Waals surface area (Å²) in [6.07, 6.45) is 1.58. The van der Waals surface area contributed by atoms with Crippen molar-refractivity contribution in [3.8, 4) is 0 Å². The highest BCUT2D eigenvalue weighted by atomic mass is 19.1. The summed E-state index contributed by atoms with van der Waals surface area (Å²) in [5.41, 5.74) is 0. The maximum absolute atomic E-state index is 13.7. The van der Waals surface area contributed by atoms with Crippen LogP contribution in [0.25, 0.3) is 0 Å². The number of rotatable bonds is 3. The summed E-state index contributed by atoms with van der Waals surface area (Å²) in [7, 11) is 0. The molecule has 1 fully saturated rings. The van der Waals surface area contributed by atoms with Gasteiger partial charge in [-0.05, 0) is 25.7 Å². The average Bonchev–Trinajstić information content (AvgIpc) is 2.95. The molecule has 1 unspecified atom stereocenters. The molecule has 2 heterocycles. The second-order valence-corrected chi connectivity index (χ2v) is 4.57. The number of halogens is 1. The van der Waals surface area contributed by atoms with E-state index in [9.17, 15) is 9.18 Å². The van der Waals surface area contributed by atoms with E-state index in [0.29, 0.717) is 12.3 Å². The molecule has 0 saturated heterocycles. The minimum Gasteiger partial charge on any atom is -0.460 e. The van der Waals surface area contributed by atoms with Crippen LogP contribution in [0.4, 0.5) is 4.39 Å². The number of alkyl halides is 1. The quantitative estimate of drug-likeness (QED) is 0.755. The Labute approximate surface area is 98.0 Å². The molecule has 2 aliphatic rings. The highest BCUT2D eigenvalue weighted by Crippen LogP contribution is 2.48. The summed E-state index contributed by atoms with van der Waals surface area (Å²) < 4.78 is 20.1. The first-order valence-corrected chi connectivity index (χ1v) is 5.98. The molecule has 2 atom stereocenters. The van der Waals surface area contributed by atoms with Crippen LogP contribution in [-0.4, -0.2) is 27.3 Å². The standard InChI is InChI=1S/C11H14FN3O2/c1-2-17-11(16)9-13-10-7(12)5-8(6-3-4-6)15(10)14-9/h6-8H,2-5H2,1H3/t7?,8-/m0/s1. The van der Waals surface area contributed by atoms with E-state index < -0.39 is 12.1 Å². The first kappa shape index (κ1) is 10.7. The lowest BCUT2D eigenvalue weighted by Crippen LogP contribution is -2.11. The molecule has 1 aliphatic heterocycles. The number of fused-ring (bicyclic) bond motifs is 1. The Kier molecular flexibility index (Phi) is 2.38. The topological polar surface area (TPSA) is 57.0 Å². The van der Waals surface area contributed by atoms with E-state index in [1.807, 2.05) is 0 Å². The third kappa shape index (κ3) is 1.71. The number of hydrogen-bond donors (Lipinski definition) is 0. The second-order valence-electron chi connectivity index (χ2n) is 4.57. The molecule has 0 N–H and O–H groups in total. The molecule has 1 aromatic heterocycles. The molecule has 92 valence electrons. The van der Waals surface area contributed by atoms with Gasteiger partial charge in [-0.3, -0.25) is 0 Å². The van der Waals surface area contributed by atoms with E-state index in [2.05, 4.69) is 10.1 Å². The van der Waals surface area contributed by atoms with Gasteiger partial charge in [0, 0.05) is 6.42 Å². The molecule has 17 heavy (non-hydrogen) atoms. The van der Waals surface area contributed by atoms with Crippen molar-refractivity contribution in [3.05, 3.63) is 11.6 Å². The van der Waals surface area contributed by atoms with E-state index in [0.717, 1.165) is 12.8 Å². The Morgan fingerprint density at radius 2 is 2.35 bits per heavy atom. The van der Waals surface area contributed by atoms with Gasteiger partial charge in [-0.1, -0.05) is 0 Å². The first-order valence-electron chi connectivity index (χ1n) is 5.98. The van der Waals surface area contributed by atoms with Crippen molar-refractivity contribution in [1.82, 2.24) is 14.8 Å². The van der Waals surface area contributed by atoms with Gasteiger partial charge in [0.2, 0.25) is 0 Å². The fraction of sp³-hybridized carbons (Fsp3) is 0.727. The SMILES string of the molecule is CCOC(=O)c1nc2n(n1)[C@H](C1CC1)CC2F. The molecule has 1 aliphatic carbocycles. The zero-order valence-electron chi connectivity index (χ0n) is 9.60. The second kappa shape index (κ2) is 3.78. The van der Waals surface area contributed by atoms with Crippen molar-refractivity contribution in [2.24, 2.45) is 5.92 Å². The van der Waals surface area contributed by atoms with Crippen molar-refractivity contribution < 1.29 is 13.9 Å². The predicted molar refractivity (Wildman–Crippen MR) is 56.2 cm³/mol.